The highest BCUT2D eigenvalue weighted by Gasteiger charge is 2.30. The van der Waals surface area contributed by atoms with Crippen LogP contribution in [0.2, 0.25) is 0 Å². The minimum atomic E-state index is -4.50. The number of esters is 1. The monoisotopic (exact) mass is 445 g/mol. The van der Waals surface area contributed by atoms with Crippen molar-refractivity contribution in [1.82, 2.24) is 4.57 Å². The molecule has 0 saturated carbocycles. The maximum atomic E-state index is 12.7. The zero-order valence-corrected chi connectivity index (χ0v) is 17.2. The number of rotatable bonds is 5. The molecule has 3 aromatic rings. The van der Waals surface area contributed by atoms with Gasteiger partial charge >= 0.3 is 12.1 Å². The summed E-state index contributed by atoms with van der Waals surface area (Å²) in [5.41, 5.74) is 1.65. The van der Waals surface area contributed by atoms with E-state index < -0.39 is 30.1 Å². The number of halogens is 3. The van der Waals surface area contributed by atoms with Gasteiger partial charge in [-0.2, -0.15) is 13.2 Å². The molecule has 0 fully saturated rings. The van der Waals surface area contributed by atoms with E-state index in [4.69, 9.17) is 14.2 Å². The van der Waals surface area contributed by atoms with Crippen molar-refractivity contribution in [3.8, 4) is 17.2 Å². The zero-order valence-electron chi connectivity index (χ0n) is 17.2. The van der Waals surface area contributed by atoms with Crippen molar-refractivity contribution < 1.29 is 37.0 Å². The molecule has 0 amide bonds. The van der Waals surface area contributed by atoms with Crippen molar-refractivity contribution >= 4 is 11.8 Å². The normalized spacial score (nSPS) is 12.7. The molecule has 0 unspecified atom stereocenters. The Balaban J connectivity index is 1.47. The topological polar surface area (TPSA) is 66.8 Å². The summed E-state index contributed by atoms with van der Waals surface area (Å²) in [5.74, 6) is -0.0574. The van der Waals surface area contributed by atoms with E-state index in [1.54, 1.807) is 25.1 Å². The molecule has 1 aliphatic heterocycles. The van der Waals surface area contributed by atoms with Crippen LogP contribution in [0, 0.1) is 13.8 Å². The number of ether oxygens (including phenoxy) is 3. The predicted octanol–water partition coefficient (Wildman–Crippen LogP) is 4.88. The molecule has 0 saturated heterocycles. The number of nitrogens with zero attached hydrogens (tertiary/aromatic N) is 1. The van der Waals surface area contributed by atoms with E-state index in [1.807, 2.05) is 17.6 Å². The zero-order chi connectivity index (χ0) is 23.0. The molecule has 0 radical (unpaired) electrons. The number of Topliss-reactive ketones (excluding diaryl/α,β-unsaturated/α-hetero) is 1. The van der Waals surface area contributed by atoms with Crippen molar-refractivity contribution in [2.24, 2.45) is 0 Å². The Bertz CT molecular complexity index is 1200. The third-order valence-electron chi connectivity index (χ3n) is 5.13. The van der Waals surface area contributed by atoms with Crippen LogP contribution in [0.5, 0.6) is 11.5 Å². The number of carbonyl (C=O) groups excluding carboxylic acids is 2. The lowest BCUT2D eigenvalue weighted by molar-refractivity contribution is -0.137. The van der Waals surface area contributed by atoms with Gasteiger partial charge in [0.15, 0.2) is 18.1 Å². The Morgan fingerprint density at radius 3 is 2.38 bits per heavy atom. The number of fused-ring (bicyclic) bond motifs is 1. The second-order valence-electron chi connectivity index (χ2n) is 7.23. The molecule has 32 heavy (non-hydrogen) atoms. The van der Waals surface area contributed by atoms with Crippen LogP contribution >= 0.6 is 0 Å². The van der Waals surface area contributed by atoms with Crippen LogP contribution in [0.3, 0.4) is 0 Å². The first-order chi connectivity index (χ1) is 15.1. The summed E-state index contributed by atoms with van der Waals surface area (Å²) < 4.78 is 55.6. The molecule has 166 valence electrons. The van der Waals surface area contributed by atoms with Gasteiger partial charge in [0.1, 0.15) is 0 Å². The molecule has 0 bridgehead atoms. The van der Waals surface area contributed by atoms with E-state index in [1.165, 1.54) is 0 Å². The first-order valence-corrected chi connectivity index (χ1v) is 9.61. The summed E-state index contributed by atoms with van der Waals surface area (Å²) in [6, 6.07) is 10.7. The number of ketones is 1. The van der Waals surface area contributed by atoms with E-state index >= 15 is 0 Å². The minimum Gasteiger partial charge on any atom is -0.454 e. The Kier molecular flexibility index (Phi) is 5.41. The molecule has 0 aliphatic carbocycles. The summed E-state index contributed by atoms with van der Waals surface area (Å²) >= 11 is 0. The van der Waals surface area contributed by atoms with Gasteiger partial charge in [-0.25, -0.2) is 4.79 Å². The quantitative estimate of drug-likeness (QED) is 0.414. The van der Waals surface area contributed by atoms with Crippen molar-refractivity contribution in [3.05, 3.63) is 76.6 Å². The molecule has 0 N–H and O–H groups in total. The second kappa shape index (κ2) is 8.07. The molecule has 0 spiro atoms. The lowest BCUT2D eigenvalue weighted by Gasteiger charge is -2.11. The van der Waals surface area contributed by atoms with Gasteiger partial charge in [0.05, 0.1) is 11.1 Å². The van der Waals surface area contributed by atoms with Gasteiger partial charge in [0, 0.05) is 28.7 Å². The van der Waals surface area contributed by atoms with Gasteiger partial charge in [-0.1, -0.05) is 0 Å². The SMILES string of the molecule is Cc1cc(C(=O)COC(=O)c2ccc(C(F)(F)F)cc2)c(C)n1-c1ccc2c(c1)OCO2. The highest BCUT2D eigenvalue weighted by Crippen LogP contribution is 2.35. The van der Waals surface area contributed by atoms with Gasteiger partial charge in [0.2, 0.25) is 12.6 Å². The van der Waals surface area contributed by atoms with Crippen LogP contribution in [-0.4, -0.2) is 29.7 Å². The van der Waals surface area contributed by atoms with E-state index in [0.29, 0.717) is 22.8 Å². The van der Waals surface area contributed by atoms with Crippen LogP contribution < -0.4 is 9.47 Å². The van der Waals surface area contributed by atoms with Crippen molar-refractivity contribution in [3.63, 3.8) is 0 Å². The summed E-state index contributed by atoms with van der Waals surface area (Å²) in [7, 11) is 0. The van der Waals surface area contributed by atoms with Gasteiger partial charge in [-0.15, -0.1) is 0 Å². The van der Waals surface area contributed by atoms with Crippen LogP contribution in [0.4, 0.5) is 13.2 Å². The Hall–Kier alpha value is -3.75. The fourth-order valence-electron chi connectivity index (χ4n) is 3.55. The smallest absolute Gasteiger partial charge is 0.416 e. The van der Waals surface area contributed by atoms with Gasteiger partial charge in [0.25, 0.3) is 0 Å². The number of alkyl halides is 3. The van der Waals surface area contributed by atoms with E-state index in [9.17, 15) is 22.8 Å². The highest BCUT2D eigenvalue weighted by atomic mass is 19.4. The Labute approximate surface area is 181 Å². The molecule has 9 heteroatoms. The third kappa shape index (κ3) is 4.05. The number of hydrogen-bond donors (Lipinski definition) is 0. The van der Waals surface area contributed by atoms with Gasteiger partial charge in [-0.05, 0) is 56.3 Å². The molecular weight excluding hydrogens is 427 g/mol. The average molecular weight is 445 g/mol. The summed E-state index contributed by atoms with van der Waals surface area (Å²) in [5, 5.41) is 0. The number of carbonyl (C=O) groups is 2. The highest BCUT2D eigenvalue weighted by molar-refractivity contribution is 6.00. The summed E-state index contributed by atoms with van der Waals surface area (Å²) in [6.45, 7) is 3.22. The molecule has 1 aliphatic rings. The van der Waals surface area contributed by atoms with Crippen LogP contribution in [0.25, 0.3) is 5.69 Å². The van der Waals surface area contributed by atoms with Gasteiger partial charge in [-0.3, -0.25) is 4.79 Å². The van der Waals surface area contributed by atoms with Crippen molar-refractivity contribution in [2.75, 3.05) is 13.4 Å². The lowest BCUT2D eigenvalue weighted by Crippen LogP contribution is -2.15. The van der Waals surface area contributed by atoms with Crippen LogP contribution in [0.1, 0.15) is 37.7 Å². The summed E-state index contributed by atoms with van der Waals surface area (Å²) in [6.07, 6.45) is -4.50. The van der Waals surface area contributed by atoms with Gasteiger partial charge < -0.3 is 18.8 Å². The van der Waals surface area contributed by atoms with E-state index in [-0.39, 0.29) is 12.4 Å². The number of aromatic nitrogens is 1. The fraction of sp³-hybridized carbons (Fsp3) is 0.217. The maximum Gasteiger partial charge on any atom is 0.416 e. The summed E-state index contributed by atoms with van der Waals surface area (Å²) in [4.78, 5) is 24.8. The molecule has 1 aromatic heterocycles. The number of aryl methyl sites for hydroxylation is 1. The standard InChI is InChI=1S/C23H18F3NO5/c1-13-9-18(14(2)27(13)17-7-8-20-21(10-17)32-12-31-20)19(28)11-30-22(29)15-3-5-16(6-4-15)23(24,25)26/h3-10H,11-12H2,1-2H3. The largest absolute Gasteiger partial charge is 0.454 e. The number of benzene rings is 2. The van der Waals surface area contributed by atoms with Crippen molar-refractivity contribution in [2.45, 2.75) is 20.0 Å². The first-order valence-electron chi connectivity index (χ1n) is 9.61. The Morgan fingerprint density at radius 1 is 1.00 bits per heavy atom. The third-order valence-corrected chi connectivity index (χ3v) is 5.13. The van der Waals surface area contributed by atoms with E-state index in [2.05, 4.69) is 0 Å². The molecule has 2 heterocycles. The maximum absolute atomic E-state index is 12.7. The van der Waals surface area contributed by atoms with Crippen LogP contribution in [-0.2, 0) is 10.9 Å². The molecule has 6 nitrogen and oxygen atoms in total. The first kappa shape index (κ1) is 21.5. The molecule has 2 aromatic carbocycles. The fourth-order valence-corrected chi connectivity index (χ4v) is 3.55. The van der Waals surface area contributed by atoms with Crippen LogP contribution in [0.15, 0.2) is 48.5 Å². The molecular formula is C23H18F3NO5. The lowest BCUT2D eigenvalue weighted by atomic mass is 10.1. The second-order valence-corrected chi connectivity index (χ2v) is 7.23. The molecule has 0 atom stereocenters. The average Bonchev–Trinajstić information content (AvgIpc) is 3.34. The predicted molar refractivity (Wildman–Crippen MR) is 107 cm³/mol. The number of hydrogen-bond acceptors (Lipinski definition) is 5. The minimum absolute atomic E-state index is 0.0726. The Morgan fingerprint density at radius 2 is 1.69 bits per heavy atom. The molecule has 4 rings (SSSR count). The van der Waals surface area contributed by atoms with E-state index in [0.717, 1.165) is 35.6 Å². The van der Waals surface area contributed by atoms with Crippen molar-refractivity contribution in [1.29, 1.82) is 0 Å².